The number of nitrogens with zero attached hydrogens (tertiary/aromatic N) is 1. The molecule has 150 valence electrons. The Morgan fingerprint density at radius 3 is 2.57 bits per heavy atom. The second kappa shape index (κ2) is 11.1. The number of carbonyl (C=O) groups is 1. The zero-order valence-corrected chi connectivity index (χ0v) is 17.2. The molecule has 2 aromatic carbocycles. The van der Waals surface area contributed by atoms with Crippen LogP contribution in [-0.2, 0) is 4.79 Å². The first-order chi connectivity index (χ1) is 13.5. The second-order valence-corrected chi connectivity index (χ2v) is 7.05. The van der Waals surface area contributed by atoms with E-state index < -0.39 is 0 Å². The van der Waals surface area contributed by atoms with Gasteiger partial charge in [-0.2, -0.15) is 5.10 Å². The molecule has 0 aliphatic carbocycles. The molecular formula is C23H30N2O3. The Bertz CT molecular complexity index is 783. The SMILES string of the molecule is CCCCOc1ccc(/C=N/NC(=O)COc2cc(C)ccc2C(C)C)cc1. The van der Waals surface area contributed by atoms with Crippen molar-refractivity contribution in [1.82, 2.24) is 5.43 Å². The summed E-state index contributed by atoms with van der Waals surface area (Å²) in [5, 5.41) is 3.99. The van der Waals surface area contributed by atoms with Crippen LogP contribution >= 0.6 is 0 Å². The average molecular weight is 383 g/mol. The van der Waals surface area contributed by atoms with Crippen LogP contribution in [-0.4, -0.2) is 25.3 Å². The standard InChI is InChI=1S/C23H30N2O3/c1-5-6-13-27-20-10-8-19(9-11-20)15-24-25-23(26)16-28-22-14-18(4)7-12-21(22)17(2)3/h7-12,14-15,17H,5-6,13,16H2,1-4H3,(H,25,26)/b24-15+. The normalized spacial score (nSPS) is 11.0. The summed E-state index contributed by atoms with van der Waals surface area (Å²) < 4.78 is 11.3. The second-order valence-electron chi connectivity index (χ2n) is 7.05. The topological polar surface area (TPSA) is 59.9 Å². The number of rotatable bonds is 10. The molecular weight excluding hydrogens is 352 g/mol. The summed E-state index contributed by atoms with van der Waals surface area (Å²) in [7, 11) is 0. The molecule has 1 N–H and O–H groups in total. The highest BCUT2D eigenvalue weighted by Crippen LogP contribution is 2.27. The van der Waals surface area contributed by atoms with Crippen molar-refractivity contribution in [2.24, 2.45) is 5.10 Å². The minimum absolute atomic E-state index is 0.0787. The van der Waals surface area contributed by atoms with Crippen molar-refractivity contribution in [2.75, 3.05) is 13.2 Å². The molecule has 0 atom stereocenters. The summed E-state index contributed by atoms with van der Waals surface area (Å²) in [5.41, 5.74) is 5.56. The first-order valence-corrected chi connectivity index (χ1v) is 9.77. The van der Waals surface area contributed by atoms with Crippen molar-refractivity contribution in [3.8, 4) is 11.5 Å². The summed E-state index contributed by atoms with van der Waals surface area (Å²) in [6.07, 6.45) is 3.75. The molecule has 0 unspecified atom stereocenters. The quantitative estimate of drug-likeness (QED) is 0.364. The van der Waals surface area contributed by atoms with Crippen molar-refractivity contribution in [3.05, 3.63) is 59.2 Å². The van der Waals surface area contributed by atoms with Crippen LogP contribution in [0.3, 0.4) is 0 Å². The summed E-state index contributed by atoms with van der Waals surface area (Å²) in [5.74, 6) is 1.60. The van der Waals surface area contributed by atoms with Gasteiger partial charge in [-0.25, -0.2) is 5.43 Å². The number of hydrogen-bond donors (Lipinski definition) is 1. The van der Waals surface area contributed by atoms with E-state index in [-0.39, 0.29) is 12.5 Å². The first kappa shape index (κ1) is 21.5. The minimum Gasteiger partial charge on any atom is -0.494 e. The van der Waals surface area contributed by atoms with Crippen LogP contribution in [0.5, 0.6) is 11.5 Å². The van der Waals surface area contributed by atoms with Crippen molar-refractivity contribution >= 4 is 12.1 Å². The number of unbranched alkanes of at least 4 members (excludes halogenated alkanes) is 1. The summed E-state index contributed by atoms with van der Waals surface area (Å²) >= 11 is 0. The smallest absolute Gasteiger partial charge is 0.277 e. The molecule has 0 bridgehead atoms. The lowest BCUT2D eigenvalue weighted by molar-refractivity contribution is -0.123. The Labute approximate surface area is 167 Å². The van der Waals surface area contributed by atoms with Gasteiger partial charge >= 0.3 is 0 Å². The van der Waals surface area contributed by atoms with Crippen LogP contribution in [0.15, 0.2) is 47.6 Å². The maximum absolute atomic E-state index is 12.0. The Morgan fingerprint density at radius 1 is 1.14 bits per heavy atom. The maximum atomic E-state index is 12.0. The molecule has 0 heterocycles. The van der Waals surface area contributed by atoms with E-state index in [2.05, 4.69) is 31.3 Å². The third-order valence-electron chi connectivity index (χ3n) is 4.20. The van der Waals surface area contributed by atoms with Crippen molar-refractivity contribution in [3.63, 3.8) is 0 Å². The summed E-state index contributed by atoms with van der Waals surface area (Å²) in [6, 6.07) is 13.6. The van der Waals surface area contributed by atoms with Gasteiger partial charge in [0.05, 0.1) is 12.8 Å². The van der Waals surface area contributed by atoms with Crippen LogP contribution in [0.4, 0.5) is 0 Å². The fraction of sp³-hybridized carbons (Fsp3) is 0.391. The lowest BCUT2D eigenvalue weighted by Gasteiger charge is -2.14. The highest BCUT2D eigenvalue weighted by molar-refractivity contribution is 5.83. The number of aryl methyl sites for hydroxylation is 1. The van der Waals surface area contributed by atoms with Crippen LogP contribution in [0.1, 0.15) is 56.2 Å². The molecule has 0 radical (unpaired) electrons. The van der Waals surface area contributed by atoms with Gasteiger partial charge in [-0.15, -0.1) is 0 Å². The molecule has 0 aromatic heterocycles. The largest absolute Gasteiger partial charge is 0.494 e. The Morgan fingerprint density at radius 2 is 1.89 bits per heavy atom. The monoisotopic (exact) mass is 382 g/mol. The van der Waals surface area contributed by atoms with Gasteiger partial charge in [0, 0.05) is 0 Å². The van der Waals surface area contributed by atoms with Gasteiger partial charge in [-0.1, -0.05) is 39.3 Å². The highest BCUT2D eigenvalue weighted by Gasteiger charge is 2.10. The predicted molar refractivity (Wildman–Crippen MR) is 113 cm³/mol. The number of amides is 1. The van der Waals surface area contributed by atoms with Crippen molar-refractivity contribution < 1.29 is 14.3 Å². The zero-order chi connectivity index (χ0) is 20.4. The molecule has 0 saturated heterocycles. The van der Waals surface area contributed by atoms with Crippen molar-refractivity contribution in [1.29, 1.82) is 0 Å². The number of ether oxygens (including phenoxy) is 2. The average Bonchev–Trinajstić information content (AvgIpc) is 2.67. The lowest BCUT2D eigenvalue weighted by atomic mass is 10.0. The molecule has 0 aliphatic heterocycles. The van der Waals surface area contributed by atoms with Crippen LogP contribution < -0.4 is 14.9 Å². The number of nitrogens with one attached hydrogen (secondary N) is 1. The van der Waals surface area contributed by atoms with Crippen LogP contribution in [0, 0.1) is 6.92 Å². The number of carbonyl (C=O) groups excluding carboxylic acids is 1. The third-order valence-corrected chi connectivity index (χ3v) is 4.20. The van der Waals surface area contributed by atoms with E-state index in [0.29, 0.717) is 5.92 Å². The van der Waals surface area contributed by atoms with E-state index in [0.717, 1.165) is 47.6 Å². The Kier molecular flexibility index (Phi) is 8.53. The fourth-order valence-electron chi connectivity index (χ4n) is 2.58. The maximum Gasteiger partial charge on any atom is 0.277 e. The van der Waals surface area contributed by atoms with E-state index in [4.69, 9.17) is 9.47 Å². The first-order valence-electron chi connectivity index (χ1n) is 9.77. The van der Waals surface area contributed by atoms with E-state index >= 15 is 0 Å². The summed E-state index contributed by atoms with van der Waals surface area (Å²) in [6.45, 7) is 8.97. The molecule has 1 amide bonds. The van der Waals surface area contributed by atoms with Gasteiger partial charge in [0.25, 0.3) is 5.91 Å². The van der Waals surface area contributed by atoms with Gasteiger partial charge < -0.3 is 9.47 Å². The zero-order valence-electron chi connectivity index (χ0n) is 17.2. The number of hydrogen-bond acceptors (Lipinski definition) is 4. The molecule has 0 spiro atoms. The van der Waals surface area contributed by atoms with Gasteiger partial charge in [0.15, 0.2) is 6.61 Å². The Hall–Kier alpha value is -2.82. The predicted octanol–water partition coefficient (Wildman–Crippen LogP) is 4.83. The van der Waals surface area contributed by atoms with E-state index in [9.17, 15) is 4.79 Å². The summed E-state index contributed by atoms with van der Waals surface area (Å²) in [4.78, 5) is 12.0. The third kappa shape index (κ3) is 7.06. The lowest BCUT2D eigenvalue weighted by Crippen LogP contribution is -2.25. The van der Waals surface area contributed by atoms with Crippen molar-refractivity contribution in [2.45, 2.75) is 46.5 Å². The van der Waals surface area contributed by atoms with Gasteiger partial charge in [-0.3, -0.25) is 4.79 Å². The molecule has 5 heteroatoms. The molecule has 0 aliphatic rings. The molecule has 0 fully saturated rings. The highest BCUT2D eigenvalue weighted by atomic mass is 16.5. The van der Waals surface area contributed by atoms with E-state index in [1.54, 1.807) is 6.21 Å². The number of benzene rings is 2. The van der Waals surface area contributed by atoms with Crippen LogP contribution in [0.25, 0.3) is 0 Å². The van der Waals surface area contributed by atoms with Crippen LogP contribution in [0.2, 0.25) is 0 Å². The Balaban J connectivity index is 1.82. The van der Waals surface area contributed by atoms with Gasteiger partial charge in [0.1, 0.15) is 11.5 Å². The van der Waals surface area contributed by atoms with Gasteiger partial charge in [-0.05, 0) is 66.3 Å². The fourth-order valence-corrected chi connectivity index (χ4v) is 2.58. The molecule has 5 nitrogen and oxygen atoms in total. The minimum atomic E-state index is -0.299. The molecule has 28 heavy (non-hydrogen) atoms. The molecule has 0 saturated carbocycles. The molecule has 2 aromatic rings. The number of hydrazone groups is 1. The van der Waals surface area contributed by atoms with E-state index in [1.807, 2.05) is 49.4 Å². The van der Waals surface area contributed by atoms with Gasteiger partial charge in [0.2, 0.25) is 0 Å². The molecule has 2 rings (SSSR count). The van der Waals surface area contributed by atoms with E-state index in [1.165, 1.54) is 0 Å².